The molecule has 0 fully saturated rings. The second kappa shape index (κ2) is 5.26. The van der Waals surface area contributed by atoms with Crippen LogP contribution < -0.4 is 10.00 Å². The normalized spacial score (nSPS) is 11.2. The van der Waals surface area contributed by atoms with Gasteiger partial charge in [-0.3, -0.25) is 4.79 Å². The molecule has 6 nitrogen and oxygen atoms in total. The number of fused-ring (bicyclic) bond motifs is 4. The van der Waals surface area contributed by atoms with Crippen LogP contribution in [0.2, 0.25) is 0 Å². The predicted molar refractivity (Wildman–Crippen MR) is 97.1 cm³/mol. The van der Waals surface area contributed by atoms with Crippen LogP contribution in [-0.2, 0) is 0 Å². The van der Waals surface area contributed by atoms with Crippen molar-refractivity contribution in [3.63, 3.8) is 0 Å². The fourth-order valence-electron chi connectivity index (χ4n) is 3.30. The minimum atomic E-state index is -0.331. The maximum Gasteiger partial charge on any atom is 0.343 e. The number of hydrogen-bond donors (Lipinski definition) is 1. The van der Waals surface area contributed by atoms with E-state index in [2.05, 4.69) is 11.1 Å². The minimum Gasteiger partial charge on any atom is -0.348 e. The van der Waals surface area contributed by atoms with Gasteiger partial charge in [-0.15, -0.1) is 0 Å². The zero-order valence-electron chi connectivity index (χ0n) is 13.5. The Morgan fingerprint density at radius 1 is 1.08 bits per heavy atom. The summed E-state index contributed by atoms with van der Waals surface area (Å²) in [6.07, 6.45) is 3.60. The molecule has 0 unspecified atom stereocenters. The molecule has 0 aliphatic heterocycles. The van der Waals surface area contributed by atoms with E-state index in [9.17, 15) is 10.1 Å². The molecule has 0 aliphatic rings. The van der Waals surface area contributed by atoms with Crippen LogP contribution in [0.3, 0.4) is 0 Å². The summed E-state index contributed by atoms with van der Waals surface area (Å²) in [4.78, 5) is 20.9. The number of imidazole rings is 1. The molecular weight excluding hydrogens is 326 g/mol. The van der Waals surface area contributed by atoms with Gasteiger partial charge in [-0.2, -0.15) is 14.2 Å². The van der Waals surface area contributed by atoms with Crippen molar-refractivity contribution in [3.05, 3.63) is 82.8 Å². The molecule has 0 aliphatic carbocycles. The van der Waals surface area contributed by atoms with E-state index in [1.807, 2.05) is 60.8 Å². The highest BCUT2D eigenvalue weighted by Crippen LogP contribution is 2.18. The molecule has 26 heavy (non-hydrogen) atoms. The van der Waals surface area contributed by atoms with E-state index < -0.39 is 0 Å². The first-order chi connectivity index (χ1) is 12.8. The number of nitrogens with one attached hydrogen (secondary N) is 1. The van der Waals surface area contributed by atoms with Gasteiger partial charge in [0.05, 0.1) is 11.0 Å². The second-order valence-electron chi connectivity index (χ2n) is 5.97. The average Bonchev–Trinajstić information content (AvgIpc) is 3.14. The van der Waals surface area contributed by atoms with Crippen molar-refractivity contribution in [2.75, 3.05) is 0 Å². The van der Waals surface area contributed by atoms with Crippen molar-refractivity contribution >= 4 is 27.8 Å². The smallest absolute Gasteiger partial charge is 0.343 e. The summed E-state index contributed by atoms with van der Waals surface area (Å²) in [6.45, 7) is 0. The lowest BCUT2D eigenvalue weighted by Gasteiger charge is -2.03. The Kier molecular flexibility index (Phi) is 2.91. The Morgan fingerprint density at radius 2 is 1.85 bits per heavy atom. The largest absolute Gasteiger partial charge is 0.348 e. The predicted octanol–water partition coefficient (Wildman–Crippen LogP) is 2.48. The highest BCUT2D eigenvalue weighted by atomic mass is 16.1. The number of rotatable bonds is 1. The van der Waals surface area contributed by atoms with E-state index >= 15 is 0 Å². The fraction of sp³-hybridized carbons (Fsp3) is 0. The molecule has 3 heterocycles. The first-order valence-electron chi connectivity index (χ1n) is 8.11. The van der Waals surface area contributed by atoms with E-state index in [-0.39, 0.29) is 11.0 Å². The summed E-state index contributed by atoms with van der Waals surface area (Å²) >= 11 is 0. The molecule has 5 rings (SSSR count). The summed E-state index contributed by atoms with van der Waals surface area (Å²) < 4.78 is 3.51. The first kappa shape index (κ1) is 14.4. The molecule has 5 aromatic rings. The highest BCUT2D eigenvalue weighted by Gasteiger charge is 2.24. The molecule has 3 aromatic heterocycles. The topological polar surface area (TPSA) is 77.8 Å². The summed E-state index contributed by atoms with van der Waals surface area (Å²) in [7, 11) is 0. The van der Waals surface area contributed by atoms with Crippen molar-refractivity contribution < 1.29 is 4.57 Å². The number of H-pyrrole nitrogens is 1. The third-order valence-corrected chi connectivity index (χ3v) is 4.49. The molecular formula is C20H12N5O+. The molecule has 0 saturated carbocycles. The summed E-state index contributed by atoms with van der Waals surface area (Å²) in [5.74, 6) is 0. The lowest BCUT2D eigenvalue weighted by molar-refractivity contribution is -0.567. The molecule has 0 bridgehead atoms. The maximum absolute atomic E-state index is 13.1. The molecule has 0 saturated heterocycles. The maximum atomic E-state index is 13.1. The summed E-state index contributed by atoms with van der Waals surface area (Å²) in [5.41, 5.74) is 3.50. The molecule has 2 aromatic carbocycles. The Bertz CT molecular complexity index is 1410. The van der Waals surface area contributed by atoms with Crippen molar-refractivity contribution in [1.82, 2.24) is 14.4 Å². The third kappa shape index (κ3) is 1.88. The SMILES string of the molecule is N#Cc1c(=O)c2n(cc[n+]2-c2ccccc2)c2nc3ccccc3[nH]c12. The van der Waals surface area contributed by atoms with Gasteiger partial charge in [-0.1, -0.05) is 30.3 Å². The monoisotopic (exact) mass is 338 g/mol. The van der Waals surface area contributed by atoms with Gasteiger partial charge in [-0.05, 0) is 24.3 Å². The number of nitriles is 1. The van der Waals surface area contributed by atoms with E-state index in [1.165, 1.54) is 0 Å². The van der Waals surface area contributed by atoms with Gasteiger partial charge in [-0.25, -0.2) is 4.98 Å². The van der Waals surface area contributed by atoms with E-state index in [4.69, 9.17) is 4.98 Å². The van der Waals surface area contributed by atoms with Gasteiger partial charge < -0.3 is 4.98 Å². The number of nitrogens with zero attached hydrogens (tertiary/aromatic N) is 4. The van der Waals surface area contributed by atoms with Crippen molar-refractivity contribution in [1.29, 1.82) is 5.26 Å². The van der Waals surface area contributed by atoms with Gasteiger partial charge in [0.25, 0.3) is 11.1 Å². The zero-order valence-corrected chi connectivity index (χ0v) is 13.5. The van der Waals surface area contributed by atoms with Crippen LogP contribution in [0.1, 0.15) is 5.56 Å². The van der Waals surface area contributed by atoms with Crippen molar-refractivity contribution in [3.8, 4) is 11.8 Å². The van der Waals surface area contributed by atoms with Gasteiger partial charge in [0.15, 0.2) is 0 Å². The Morgan fingerprint density at radius 3 is 2.65 bits per heavy atom. The Hall–Kier alpha value is -3.98. The molecule has 1 N–H and O–H groups in total. The van der Waals surface area contributed by atoms with Crippen LogP contribution in [-0.4, -0.2) is 14.4 Å². The van der Waals surface area contributed by atoms with Crippen molar-refractivity contribution in [2.45, 2.75) is 0 Å². The fourth-order valence-corrected chi connectivity index (χ4v) is 3.30. The molecule has 0 spiro atoms. The number of aromatic nitrogens is 4. The number of aromatic amines is 1. The van der Waals surface area contributed by atoms with Crippen LogP contribution in [0.4, 0.5) is 0 Å². The number of hydrogen-bond acceptors (Lipinski definition) is 3. The molecule has 0 atom stereocenters. The third-order valence-electron chi connectivity index (χ3n) is 4.49. The van der Waals surface area contributed by atoms with Crippen LogP contribution in [0.15, 0.2) is 71.8 Å². The van der Waals surface area contributed by atoms with E-state index in [0.717, 1.165) is 16.7 Å². The Labute approximate surface area is 147 Å². The number of para-hydroxylation sites is 3. The van der Waals surface area contributed by atoms with Crippen LogP contribution in [0, 0.1) is 11.3 Å². The first-order valence-corrected chi connectivity index (χ1v) is 8.11. The van der Waals surface area contributed by atoms with Gasteiger partial charge >= 0.3 is 5.65 Å². The minimum absolute atomic E-state index is 0.0640. The van der Waals surface area contributed by atoms with Crippen molar-refractivity contribution in [2.24, 2.45) is 0 Å². The second-order valence-corrected chi connectivity index (χ2v) is 5.97. The average molecular weight is 338 g/mol. The lowest BCUT2D eigenvalue weighted by Crippen LogP contribution is -2.34. The Balaban J connectivity index is 2.01. The summed E-state index contributed by atoms with van der Waals surface area (Å²) in [5, 5.41) is 9.63. The summed E-state index contributed by atoms with van der Waals surface area (Å²) in [6, 6.07) is 19.2. The zero-order chi connectivity index (χ0) is 17.7. The highest BCUT2D eigenvalue weighted by molar-refractivity contribution is 5.88. The molecule has 0 amide bonds. The number of pyridine rings is 1. The quantitative estimate of drug-likeness (QED) is 0.377. The lowest BCUT2D eigenvalue weighted by atomic mass is 10.2. The van der Waals surface area contributed by atoms with Gasteiger partial charge in [0.2, 0.25) is 0 Å². The standard InChI is InChI=1S/C20H11N5O/c21-12-14-17-19(23-16-9-5-4-8-15(16)22-17)25-11-10-24(20(25)18(14)26)13-6-2-1-3-7-13/h1-11H/p+1. The van der Waals surface area contributed by atoms with E-state index in [0.29, 0.717) is 16.8 Å². The van der Waals surface area contributed by atoms with Gasteiger partial charge in [0.1, 0.15) is 35.2 Å². The molecule has 6 heteroatoms. The van der Waals surface area contributed by atoms with E-state index in [1.54, 1.807) is 15.2 Å². The van der Waals surface area contributed by atoms with Gasteiger partial charge in [0, 0.05) is 0 Å². The van der Waals surface area contributed by atoms with Crippen LogP contribution >= 0.6 is 0 Å². The van der Waals surface area contributed by atoms with Crippen LogP contribution in [0.5, 0.6) is 0 Å². The molecule has 122 valence electrons. The van der Waals surface area contributed by atoms with Crippen LogP contribution in [0.25, 0.3) is 33.5 Å². The molecule has 0 radical (unpaired) electrons. The number of benzene rings is 2.